The van der Waals surface area contributed by atoms with Crippen molar-refractivity contribution < 1.29 is 4.79 Å². The molecule has 1 unspecified atom stereocenters. The van der Waals surface area contributed by atoms with E-state index in [9.17, 15) is 4.79 Å². The molecule has 3 heterocycles. The van der Waals surface area contributed by atoms with Crippen LogP contribution >= 0.6 is 0 Å². The van der Waals surface area contributed by atoms with Crippen LogP contribution in [-0.2, 0) is 19.5 Å². The van der Waals surface area contributed by atoms with Crippen molar-refractivity contribution in [3.8, 4) is 0 Å². The van der Waals surface area contributed by atoms with Crippen molar-refractivity contribution in [2.45, 2.75) is 39.3 Å². The van der Waals surface area contributed by atoms with Crippen LogP contribution in [0, 0.1) is 5.92 Å². The van der Waals surface area contributed by atoms with E-state index in [4.69, 9.17) is 0 Å². The van der Waals surface area contributed by atoms with Gasteiger partial charge in [0.05, 0.1) is 12.4 Å². The molecule has 1 amide bonds. The maximum atomic E-state index is 12.6. The Kier molecular flexibility index (Phi) is 6.37. The lowest BCUT2D eigenvalue weighted by Crippen LogP contribution is -2.23. The summed E-state index contributed by atoms with van der Waals surface area (Å²) in [7, 11) is 0. The van der Waals surface area contributed by atoms with Gasteiger partial charge in [0.2, 0.25) is 0 Å². The summed E-state index contributed by atoms with van der Waals surface area (Å²) in [4.78, 5) is 23.5. The van der Waals surface area contributed by atoms with Crippen LogP contribution in [0.1, 0.15) is 41.3 Å². The standard InChI is InChI=1S/C23H28N6O/c1-2-9-29-17-20(14-27-29)13-26-23(30)21-5-3-4-18(12-21)11-19-6-10-28(16-19)22-15-24-7-8-25-22/h3-5,7-8,12,14-15,17,19H,2,6,9-11,13,16H2,1H3,(H,26,30). The molecule has 1 N–H and O–H groups in total. The molecule has 156 valence electrons. The monoisotopic (exact) mass is 404 g/mol. The van der Waals surface area contributed by atoms with Crippen LogP contribution in [0.25, 0.3) is 0 Å². The molecule has 30 heavy (non-hydrogen) atoms. The number of aryl methyl sites for hydroxylation is 1. The van der Waals surface area contributed by atoms with Gasteiger partial charge in [0, 0.05) is 55.9 Å². The third-order valence-electron chi connectivity index (χ3n) is 5.47. The van der Waals surface area contributed by atoms with Crippen molar-refractivity contribution >= 4 is 11.7 Å². The van der Waals surface area contributed by atoms with E-state index in [2.05, 4.69) is 38.3 Å². The summed E-state index contributed by atoms with van der Waals surface area (Å²) in [6, 6.07) is 7.97. The highest BCUT2D eigenvalue weighted by Gasteiger charge is 2.24. The summed E-state index contributed by atoms with van der Waals surface area (Å²) in [5.41, 5.74) is 2.92. The van der Waals surface area contributed by atoms with Crippen molar-refractivity contribution in [1.82, 2.24) is 25.1 Å². The predicted octanol–water partition coefficient (Wildman–Crippen LogP) is 3.08. The zero-order valence-electron chi connectivity index (χ0n) is 17.4. The van der Waals surface area contributed by atoms with Crippen LogP contribution in [0.3, 0.4) is 0 Å². The maximum Gasteiger partial charge on any atom is 0.251 e. The van der Waals surface area contributed by atoms with Crippen LogP contribution in [0.5, 0.6) is 0 Å². The Bertz CT molecular complexity index is 971. The Hall–Kier alpha value is -3.22. The second-order valence-corrected chi connectivity index (χ2v) is 7.86. The summed E-state index contributed by atoms with van der Waals surface area (Å²) in [6.45, 7) is 5.47. The zero-order chi connectivity index (χ0) is 20.8. The first-order chi connectivity index (χ1) is 14.7. The van der Waals surface area contributed by atoms with Crippen molar-refractivity contribution in [2.24, 2.45) is 5.92 Å². The molecule has 7 nitrogen and oxygen atoms in total. The van der Waals surface area contributed by atoms with Gasteiger partial charge in [0.1, 0.15) is 5.82 Å². The van der Waals surface area contributed by atoms with Gasteiger partial charge in [0.25, 0.3) is 5.91 Å². The normalized spacial score (nSPS) is 16.0. The second kappa shape index (κ2) is 9.52. The van der Waals surface area contributed by atoms with Crippen LogP contribution in [-0.4, -0.2) is 38.7 Å². The fourth-order valence-electron chi connectivity index (χ4n) is 3.97. The van der Waals surface area contributed by atoms with Gasteiger partial charge in [-0.1, -0.05) is 19.1 Å². The van der Waals surface area contributed by atoms with Gasteiger partial charge < -0.3 is 10.2 Å². The molecular formula is C23H28N6O. The highest BCUT2D eigenvalue weighted by Crippen LogP contribution is 2.24. The summed E-state index contributed by atoms with van der Waals surface area (Å²) >= 11 is 0. The van der Waals surface area contributed by atoms with E-state index in [1.165, 1.54) is 5.56 Å². The van der Waals surface area contributed by atoms with Crippen molar-refractivity contribution in [2.75, 3.05) is 18.0 Å². The number of amides is 1. The SMILES string of the molecule is CCCn1cc(CNC(=O)c2cccc(CC3CCN(c4cnccn4)C3)c2)cn1. The number of nitrogens with zero attached hydrogens (tertiary/aromatic N) is 5. The molecule has 1 aromatic carbocycles. The lowest BCUT2D eigenvalue weighted by molar-refractivity contribution is 0.0950. The maximum absolute atomic E-state index is 12.6. The fraction of sp³-hybridized carbons (Fsp3) is 0.391. The average Bonchev–Trinajstić information content (AvgIpc) is 3.43. The van der Waals surface area contributed by atoms with Gasteiger partial charge in [0.15, 0.2) is 0 Å². The van der Waals surface area contributed by atoms with E-state index in [0.717, 1.165) is 50.3 Å². The summed E-state index contributed by atoms with van der Waals surface area (Å²) in [6.07, 6.45) is 12.2. The molecule has 1 saturated heterocycles. The Morgan fingerprint density at radius 1 is 1.23 bits per heavy atom. The van der Waals surface area contributed by atoms with E-state index in [1.54, 1.807) is 12.4 Å². The molecule has 3 aromatic rings. The molecule has 1 fully saturated rings. The minimum Gasteiger partial charge on any atom is -0.355 e. The molecule has 1 aliphatic heterocycles. The third kappa shape index (κ3) is 5.03. The van der Waals surface area contributed by atoms with Crippen LogP contribution in [0.2, 0.25) is 0 Å². The van der Waals surface area contributed by atoms with Gasteiger partial charge in [-0.2, -0.15) is 5.10 Å². The van der Waals surface area contributed by atoms with E-state index in [-0.39, 0.29) is 5.91 Å². The molecule has 1 atom stereocenters. The topological polar surface area (TPSA) is 75.9 Å². The highest BCUT2D eigenvalue weighted by molar-refractivity contribution is 5.94. The molecule has 0 bridgehead atoms. The smallest absolute Gasteiger partial charge is 0.251 e. The molecule has 0 radical (unpaired) electrons. The zero-order valence-corrected chi connectivity index (χ0v) is 17.4. The quantitative estimate of drug-likeness (QED) is 0.624. The lowest BCUT2D eigenvalue weighted by Gasteiger charge is -2.17. The van der Waals surface area contributed by atoms with Crippen molar-refractivity contribution in [1.29, 1.82) is 0 Å². The number of rotatable bonds is 8. The molecular weight excluding hydrogens is 376 g/mol. The summed E-state index contributed by atoms with van der Waals surface area (Å²) in [5.74, 6) is 1.44. The predicted molar refractivity (Wildman–Crippen MR) is 116 cm³/mol. The molecule has 0 aliphatic carbocycles. The Labute approximate surface area is 177 Å². The number of hydrogen-bond acceptors (Lipinski definition) is 5. The number of carbonyl (C=O) groups is 1. The van der Waals surface area contributed by atoms with Crippen molar-refractivity contribution in [3.05, 3.63) is 71.9 Å². The Balaban J connectivity index is 1.31. The van der Waals surface area contributed by atoms with Gasteiger partial charge in [-0.25, -0.2) is 4.98 Å². The minimum atomic E-state index is -0.0484. The molecule has 1 aliphatic rings. The number of hydrogen-bond donors (Lipinski definition) is 1. The molecule has 0 saturated carbocycles. The van der Waals surface area contributed by atoms with E-state index in [0.29, 0.717) is 18.0 Å². The molecule has 2 aromatic heterocycles. The van der Waals surface area contributed by atoms with Gasteiger partial charge in [-0.15, -0.1) is 0 Å². The van der Waals surface area contributed by atoms with Gasteiger partial charge in [-0.3, -0.25) is 14.5 Å². The van der Waals surface area contributed by atoms with Gasteiger partial charge >= 0.3 is 0 Å². The fourth-order valence-corrected chi connectivity index (χ4v) is 3.97. The first kappa shape index (κ1) is 20.1. The molecule has 0 spiro atoms. The largest absolute Gasteiger partial charge is 0.355 e. The number of anilines is 1. The number of benzene rings is 1. The summed E-state index contributed by atoms with van der Waals surface area (Å²) in [5, 5.41) is 7.31. The van der Waals surface area contributed by atoms with Crippen LogP contribution in [0.4, 0.5) is 5.82 Å². The third-order valence-corrected chi connectivity index (χ3v) is 5.47. The van der Waals surface area contributed by atoms with Crippen molar-refractivity contribution in [3.63, 3.8) is 0 Å². The lowest BCUT2D eigenvalue weighted by atomic mass is 9.97. The Morgan fingerprint density at radius 3 is 3.00 bits per heavy atom. The molecule has 4 rings (SSSR count). The van der Waals surface area contributed by atoms with Gasteiger partial charge in [-0.05, 0) is 42.9 Å². The van der Waals surface area contributed by atoms with E-state index < -0.39 is 0 Å². The first-order valence-corrected chi connectivity index (χ1v) is 10.6. The highest BCUT2D eigenvalue weighted by atomic mass is 16.1. The molecule has 7 heteroatoms. The van der Waals surface area contributed by atoms with Crippen LogP contribution in [0.15, 0.2) is 55.2 Å². The van der Waals surface area contributed by atoms with Crippen LogP contribution < -0.4 is 10.2 Å². The average molecular weight is 405 g/mol. The second-order valence-electron chi connectivity index (χ2n) is 7.86. The van der Waals surface area contributed by atoms with E-state index in [1.807, 2.05) is 41.5 Å². The number of carbonyl (C=O) groups excluding carboxylic acids is 1. The minimum absolute atomic E-state index is 0.0484. The Morgan fingerprint density at radius 2 is 2.17 bits per heavy atom. The number of aromatic nitrogens is 4. The first-order valence-electron chi connectivity index (χ1n) is 10.6. The van der Waals surface area contributed by atoms with E-state index >= 15 is 0 Å². The summed E-state index contributed by atoms with van der Waals surface area (Å²) < 4.78 is 1.91. The number of nitrogens with one attached hydrogen (secondary N) is 1.